The molecular weight excluding hydrogens is 479 g/mol. The van der Waals surface area contributed by atoms with Gasteiger partial charge in [0.15, 0.2) is 6.23 Å². The van der Waals surface area contributed by atoms with Gasteiger partial charge in [-0.1, -0.05) is 51.4 Å². The van der Waals surface area contributed by atoms with E-state index in [-0.39, 0.29) is 13.0 Å². The number of nitrogens with zero attached hydrogens (tertiary/aromatic N) is 1. The monoisotopic (exact) mass is 520 g/mol. The van der Waals surface area contributed by atoms with Gasteiger partial charge in [-0.15, -0.1) is 0 Å². The highest BCUT2D eigenvalue weighted by atomic mass is 31.2. The molecule has 7 unspecified atom stereocenters. The number of hydrogen-bond donors (Lipinski definition) is 6. The fourth-order valence-corrected chi connectivity index (χ4v) is 6.99. The Morgan fingerprint density at radius 1 is 0.943 bits per heavy atom. The summed E-state index contributed by atoms with van der Waals surface area (Å²) in [4.78, 5) is 33.1. The van der Waals surface area contributed by atoms with Gasteiger partial charge in [0.2, 0.25) is 0 Å². The number of carbonyl (C=O) groups excluding carboxylic acids is 1. The molecule has 5 aliphatic rings. The Hall–Kier alpha value is -0.780. The third-order valence-electron chi connectivity index (χ3n) is 8.60. The Balaban J connectivity index is 1.58. The SMILES string of the molecule is O=C1NC23CCCCCCCCCCC(CC2)(CC3O)N1C1OC(CCOP(=O)(O)O)C(O)C1O. The molecule has 0 aromatic rings. The van der Waals surface area contributed by atoms with Crippen LogP contribution in [0.5, 0.6) is 0 Å². The van der Waals surface area contributed by atoms with E-state index in [0.29, 0.717) is 32.1 Å². The number of fused-ring (bicyclic) bond motifs is 3. The Bertz CT molecular complexity index is 797. The predicted octanol–water partition coefficient (Wildman–Crippen LogP) is 1.89. The fourth-order valence-electron chi connectivity index (χ4n) is 6.64. The van der Waals surface area contributed by atoms with E-state index >= 15 is 0 Å². The van der Waals surface area contributed by atoms with Gasteiger partial charge >= 0.3 is 13.9 Å². The number of rotatable bonds is 5. The zero-order valence-corrected chi connectivity index (χ0v) is 21.2. The summed E-state index contributed by atoms with van der Waals surface area (Å²) in [5, 5.41) is 36.0. The van der Waals surface area contributed by atoms with Crippen LogP contribution in [-0.4, -0.2) is 84.4 Å². The van der Waals surface area contributed by atoms with Gasteiger partial charge in [-0.05, 0) is 32.1 Å². The largest absolute Gasteiger partial charge is 0.469 e. The number of phosphoric acid groups is 1. The number of aliphatic hydroxyl groups excluding tert-OH is 3. The van der Waals surface area contributed by atoms with Gasteiger partial charge in [0.05, 0.1) is 24.4 Å². The van der Waals surface area contributed by atoms with E-state index in [1.807, 2.05) is 0 Å². The first-order valence-electron chi connectivity index (χ1n) is 13.1. The molecule has 7 atom stereocenters. The quantitative estimate of drug-likeness (QED) is 0.296. The van der Waals surface area contributed by atoms with E-state index in [0.717, 1.165) is 38.5 Å². The summed E-state index contributed by atoms with van der Waals surface area (Å²) in [5.41, 5.74) is -1.42. The van der Waals surface area contributed by atoms with Gasteiger partial charge in [0.1, 0.15) is 12.2 Å². The van der Waals surface area contributed by atoms with Gasteiger partial charge in [-0.3, -0.25) is 9.42 Å². The van der Waals surface area contributed by atoms with Crippen LogP contribution in [0.15, 0.2) is 0 Å². The number of carbonyl (C=O) groups is 1. The van der Waals surface area contributed by atoms with Crippen LogP contribution >= 0.6 is 7.82 Å². The standard InChI is InChI=1S/C23H41N2O9P/c26-17-15-22-10-7-5-3-1-2-4-6-8-11-23(17,13-12-22)24-21(29)25(22)20-19(28)18(27)16(34-20)9-14-33-35(30,31)32/h16-20,26-28H,1-15H2,(H,24,29)(H2,30,31,32). The van der Waals surface area contributed by atoms with Gasteiger partial charge in [-0.2, -0.15) is 0 Å². The van der Waals surface area contributed by atoms with Crippen LogP contribution in [0.1, 0.15) is 89.9 Å². The van der Waals surface area contributed by atoms with Crippen LogP contribution in [0.3, 0.4) is 0 Å². The molecule has 0 aromatic heterocycles. The van der Waals surface area contributed by atoms with Crippen LogP contribution in [0.2, 0.25) is 0 Å². The van der Waals surface area contributed by atoms with Crippen LogP contribution in [0.25, 0.3) is 0 Å². The maximum Gasteiger partial charge on any atom is 0.469 e. The normalized spacial score (nSPS) is 41.5. The lowest BCUT2D eigenvalue weighted by Crippen LogP contribution is -2.60. The minimum atomic E-state index is -4.67. The zero-order valence-electron chi connectivity index (χ0n) is 20.3. The second kappa shape index (κ2) is 10.9. The summed E-state index contributed by atoms with van der Waals surface area (Å²) in [6.45, 7) is -0.370. The molecule has 3 aliphatic heterocycles. The van der Waals surface area contributed by atoms with E-state index in [9.17, 15) is 24.7 Å². The molecule has 5 rings (SSSR count). The van der Waals surface area contributed by atoms with Gasteiger partial charge in [0, 0.05) is 12.0 Å². The summed E-state index contributed by atoms with van der Waals surface area (Å²) < 4.78 is 21.5. The van der Waals surface area contributed by atoms with Crippen molar-refractivity contribution in [2.45, 2.75) is 132 Å². The maximum atomic E-state index is 13.7. The summed E-state index contributed by atoms with van der Waals surface area (Å²) in [5.74, 6) is 0. The summed E-state index contributed by atoms with van der Waals surface area (Å²) >= 11 is 0. The number of urea groups is 1. The van der Waals surface area contributed by atoms with E-state index in [1.165, 1.54) is 17.7 Å². The summed E-state index contributed by atoms with van der Waals surface area (Å²) in [6.07, 6.45) is 5.99. The average molecular weight is 521 g/mol. The molecule has 3 heterocycles. The molecule has 6 N–H and O–H groups in total. The lowest BCUT2D eigenvalue weighted by Gasteiger charge is -2.50. The molecule has 5 fully saturated rings. The summed E-state index contributed by atoms with van der Waals surface area (Å²) in [6, 6.07) is -0.405. The maximum absolute atomic E-state index is 13.7. The molecule has 11 nitrogen and oxygen atoms in total. The smallest absolute Gasteiger partial charge is 0.391 e. The van der Waals surface area contributed by atoms with Gasteiger partial charge in [0.25, 0.3) is 0 Å². The number of amides is 2. The van der Waals surface area contributed by atoms with Gasteiger partial charge < -0.3 is 35.2 Å². The van der Waals surface area contributed by atoms with E-state index in [4.69, 9.17) is 14.5 Å². The highest BCUT2D eigenvalue weighted by Gasteiger charge is 2.61. The first kappa shape index (κ1) is 27.3. The first-order valence-corrected chi connectivity index (χ1v) is 14.6. The summed E-state index contributed by atoms with van der Waals surface area (Å²) in [7, 11) is -4.67. The molecule has 2 amide bonds. The molecule has 12 heteroatoms. The second-order valence-electron chi connectivity index (χ2n) is 10.9. The van der Waals surface area contributed by atoms with E-state index < -0.39 is 55.6 Å². The van der Waals surface area contributed by atoms with Crippen LogP contribution in [0.4, 0.5) is 4.79 Å². The lowest BCUT2D eigenvalue weighted by molar-refractivity contribution is -0.125. The predicted molar refractivity (Wildman–Crippen MR) is 125 cm³/mol. The molecule has 35 heavy (non-hydrogen) atoms. The second-order valence-corrected chi connectivity index (χ2v) is 12.1. The number of nitrogens with one attached hydrogen (secondary N) is 1. The van der Waals surface area contributed by atoms with Crippen molar-refractivity contribution < 1.29 is 43.7 Å². The lowest BCUT2D eigenvalue weighted by atomic mass is 9.67. The van der Waals surface area contributed by atoms with Crippen molar-refractivity contribution in [3.8, 4) is 0 Å². The number of hydrogen-bond acceptors (Lipinski definition) is 7. The molecule has 0 radical (unpaired) electrons. The molecular formula is C23H41N2O9P. The van der Waals surface area contributed by atoms with Crippen molar-refractivity contribution in [1.82, 2.24) is 10.2 Å². The van der Waals surface area contributed by atoms with Crippen LogP contribution in [0, 0.1) is 0 Å². The molecule has 3 saturated heterocycles. The number of ether oxygens (including phenoxy) is 1. The highest BCUT2D eigenvalue weighted by Crippen LogP contribution is 2.49. The number of phosphoric ester groups is 1. The molecule has 202 valence electrons. The topological polar surface area (TPSA) is 169 Å². The third-order valence-corrected chi connectivity index (χ3v) is 9.12. The minimum absolute atomic E-state index is 0.0607. The van der Waals surface area contributed by atoms with Crippen molar-refractivity contribution in [2.75, 3.05) is 6.61 Å². The van der Waals surface area contributed by atoms with Crippen molar-refractivity contribution in [3.05, 3.63) is 0 Å². The Kier molecular flexibility index (Phi) is 8.50. The van der Waals surface area contributed by atoms with Crippen molar-refractivity contribution in [2.24, 2.45) is 0 Å². The minimum Gasteiger partial charge on any atom is -0.391 e. The van der Waals surface area contributed by atoms with Crippen molar-refractivity contribution in [1.29, 1.82) is 0 Å². The highest BCUT2D eigenvalue weighted by molar-refractivity contribution is 7.46. The molecule has 2 aliphatic carbocycles. The van der Waals surface area contributed by atoms with Crippen molar-refractivity contribution in [3.63, 3.8) is 0 Å². The molecule has 2 bridgehead atoms. The number of aliphatic hydroxyl groups is 3. The zero-order chi connectivity index (χ0) is 25.3. The first-order chi connectivity index (χ1) is 16.6. The van der Waals surface area contributed by atoms with Crippen LogP contribution < -0.4 is 5.32 Å². The third kappa shape index (κ3) is 5.88. The van der Waals surface area contributed by atoms with E-state index in [1.54, 1.807) is 0 Å². The van der Waals surface area contributed by atoms with Crippen LogP contribution in [-0.2, 0) is 13.8 Å². The molecule has 0 aromatic carbocycles. The molecule has 0 spiro atoms. The van der Waals surface area contributed by atoms with Crippen molar-refractivity contribution >= 4 is 13.9 Å². The Labute approximate surface area is 206 Å². The average Bonchev–Trinajstić information content (AvgIpc) is 2.93. The fraction of sp³-hybridized carbons (Fsp3) is 0.957. The Morgan fingerprint density at radius 3 is 2.20 bits per heavy atom. The Morgan fingerprint density at radius 2 is 1.57 bits per heavy atom. The van der Waals surface area contributed by atoms with Gasteiger partial charge in [-0.25, -0.2) is 9.36 Å². The van der Waals surface area contributed by atoms with E-state index in [2.05, 4.69) is 9.84 Å². The molecule has 2 saturated carbocycles.